The molecule has 142 valence electrons. The van der Waals surface area contributed by atoms with Crippen molar-refractivity contribution in [2.24, 2.45) is 5.41 Å². The molecule has 2 aromatic carbocycles. The molecule has 0 aliphatic rings. The average molecular weight is 387 g/mol. The summed E-state index contributed by atoms with van der Waals surface area (Å²) in [7, 11) is 1.55. The highest BCUT2D eigenvalue weighted by atomic mass is 35.5. The fraction of sp³-hybridized carbons (Fsp3) is 0.238. The van der Waals surface area contributed by atoms with E-state index in [0.29, 0.717) is 27.7 Å². The molecule has 0 atom stereocenters. The summed E-state index contributed by atoms with van der Waals surface area (Å²) in [5.74, 6) is 0.214. The topological polar surface area (TPSA) is 67.4 Å². The predicted molar refractivity (Wildman–Crippen MR) is 110 cm³/mol. The van der Waals surface area contributed by atoms with E-state index in [1.165, 1.54) is 6.08 Å². The Bertz CT molecular complexity index is 870. The van der Waals surface area contributed by atoms with Crippen LogP contribution in [0.4, 0.5) is 11.4 Å². The van der Waals surface area contributed by atoms with E-state index < -0.39 is 5.41 Å². The van der Waals surface area contributed by atoms with Crippen LogP contribution in [0, 0.1) is 5.41 Å². The van der Waals surface area contributed by atoms with Crippen molar-refractivity contribution in [1.82, 2.24) is 0 Å². The standard InChI is InChI=1S/C21H23ClN2O3/c1-21(2,3)20(26)24-17-7-5-6-16(13-17)23-19(25)11-8-14-12-15(22)9-10-18(14)27-4/h5-13H,1-4H3,(H,23,25)(H,24,26). The van der Waals surface area contributed by atoms with Crippen molar-refractivity contribution in [2.45, 2.75) is 20.8 Å². The monoisotopic (exact) mass is 386 g/mol. The van der Waals surface area contributed by atoms with E-state index in [0.717, 1.165) is 0 Å². The van der Waals surface area contributed by atoms with Crippen molar-refractivity contribution < 1.29 is 14.3 Å². The maximum Gasteiger partial charge on any atom is 0.248 e. The van der Waals surface area contributed by atoms with Gasteiger partial charge in [0.2, 0.25) is 11.8 Å². The van der Waals surface area contributed by atoms with E-state index in [1.807, 2.05) is 20.8 Å². The lowest BCUT2D eigenvalue weighted by Crippen LogP contribution is -2.27. The summed E-state index contributed by atoms with van der Waals surface area (Å²) in [5.41, 5.74) is 1.40. The molecule has 27 heavy (non-hydrogen) atoms. The third kappa shape index (κ3) is 6.15. The number of ether oxygens (including phenoxy) is 1. The van der Waals surface area contributed by atoms with Gasteiger partial charge >= 0.3 is 0 Å². The zero-order valence-corrected chi connectivity index (χ0v) is 16.6. The van der Waals surface area contributed by atoms with Gasteiger partial charge < -0.3 is 15.4 Å². The maximum absolute atomic E-state index is 12.2. The fourth-order valence-electron chi connectivity index (χ4n) is 2.18. The fourth-order valence-corrected chi connectivity index (χ4v) is 2.36. The van der Waals surface area contributed by atoms with Crippen LogP contribution in [-0.4, -0.2) is 18.9 Å². The van der Waals surface area contributed by atoms with Gasteiger partial charge in [-0.05, 0) is 42.5 Å². The van der Waals surface area contributed by atoms with Gasteiger partial charge in [0, 0.05) is 33.5 Å². The van der Waals surface area contributed by atoms with Gasteiger partial charge in [-0.1, -0.05) is 38.4 Å². The van der Waals surface area contributed by atoms with Gasteiger partial charge in [0.1, 0.15) is 5.75 Å². The zero-order valence-electron chi connectivity index (χ0n) is 15.8. The van der Waals surface area contributed by atoms with Crippen molar-refractivity contribution in [3.63, 3.8) is 0 Å². The second-order valence-corrected chi connectivity index (χ2v) is 7.43. The smallest absolute Gasteiger partial charge is 0.248 e. The molecule has 2 N–H and O–H groups in total. The molecule has 0 unspecified atom stereocenters. The lowest BCUT2D eigenvalue weighted by molar-refractivity contribution is -0.123. The summed E-state index contributed by atoms with van der Waals surface area (Å²) in [5, 5.41) is 6.15. The van der Waals surface area contributed by atoms with E-state index in [2.05, 4.69) is 10.6 Å². The van der Waals surface area contributed by atoms with Crippen LogP contribution in [0.1, 0.15) is 26.3 Å². The third-order valence-corrected chi connectivity index (χ3v) is 3.91. The van der Waals surface area contributed by atoms with E-state index in [1.54, 1.807) is 55.7 Å². The summed E-state index contributed by atoms with van der Waals surface area (Å²) >= 11 is 5.99. The number of anilines is 2. The van der Waals surface area contributed by atoms with Crippen molar-refractivity contribution in [1.29, 1.82) is 0 Å². The molecule has 5 nitrogen and oxygen atoms in total. The van der Waals surface area contributed by atoms with Crippen molar-refractivity contribution >= 4 is 40.9 Å². The predicted octanol–water partition coefficient (Wildman–Crippen LogP) is 4.99. The molecular formula is C21H23ClN2O3. The first-order chi connectivity index (χ1) is 12.7. The molecule has 0 aromatic heterocycles. The number of hydrogen-bond donors (Lipinski definition) is 2. The number of carbonyl (C=O) groups excluding carboxylic acids is 2. The molecule has 0 aliphatic carbocycles. The first kappa shape index (κ1) is 20.5. The third-order valence-electron chi connectivity index (χ3n) is 3.68. The number of methoxy groups -OCH3 is 1. The first-order valence-corrected chi connectivity index (χ1v) is 8.81. The molecule has 6 heteroatoms. The molecule has 2 amide bonds. The van der Waals surface area contributed by atoms with Crippen molar-refractivity contribution in [3.05, 3.63) is 59.1 Å². The van der Waals surface area contributed by atoms with Crippen LogP contribution in [0.2, 0.25) is 5.02 Å². The second-order valence-electron chi connectivity index (χ2n) is 6.99. The Hall–Kier alpha value is -2.79. The van der Waals surface area contributed by atoms with Gasteiger partial charge in [-0.2, -0.15) is 0 Å². The van der Waals surface area contributed by atoms with Crippen molar-refractivity contribution in [2.75, 3.05) is 17.7 Å². The number of benzene rings is 2. The van der Waals surface area contributed by atoms with E-state index in [4.69, 9.17) is 16.3 Å². The Morgan fingerprint density at radius 1 is 1.04 bits per heavy atom. The largest absolute Gasteiger partial charge is 0.496 e. The number of halogens is 1. The van der Waals surface area contributed by atoms with Crippen LogP contribution in [0.25, 0.3) is 6.08 Å². The molecule has 0 spiro atoms. The highest BCUT2D eigenvalue weighted by Gasteiger charge is 2.21. The second kappa shape index (κ2) is 8.73. The Kier molecular flexibility index (Phi) is 6.64. The highest BCUT2D eigenvalue weighted by molar-refractivity contribution is 6.30. The quantitative estimate of drug-likeness (QED) is 0.711. The molecule has 0 saturated carbocycles. The number of hydrogen-bond acceptors (Lipinski definition) is 3. The molecule has 0 bridgehead atoms. The molecule has 0 saturated heterocycles. The van der Waals surface area contributed by atoms with Crippen LogP contribution in [-0.2, 0) is 9.59 Å². The Morgan fingerprint density at radius 2 is 1.70 bits per heavy atom. The van der Waals surface area contributed by atoms with Gasteiger partial charge in [-0.3, -0.25) is 9.59 Å². The van der Waals surface area contributed by atoms with Crippen LogP contribution in [0.3, 0.4) is 0 Å². The van der Waals surface area contributed by atoms with Gasteiger partial charge in [-0.25, -0.2) is 0 Å². The lowest BCUT2D eigenvalue weighted by Gasteiger charge is -2.18. The summed E-state index contributed by atoms with van der Waals surface area (Å²) in [6, 6.07) is 12.2. The molecule has 0 heterocycles. The first-order valence-electron chi connectivity index (χ1n) is 8.43. The number of nitrogens with one attached hydrogen (secondary N) is 2. The van der Waals surface area contributed by atoms with Crippen molar-refractivity contribution in [3.8, 4) is 5.75 Å². The molecule has 2 aromatic rings. The van der Waals surface area contributed by atoms with Gasteiger partial charge in [-0.15, -0.1) is 0 Å². The minimum atomic E-state index is -0.502. The van der Waals surface area contributed by atoms with E-state index in [-0.39, 0.29) is 11.8 Å². The minimum absolute atomic E-state index is 0.0982. The summed E-state index contributed by atoms with van der Waals surface area (Å²) < 4.78 is 5.25. The highest BCUT2D eigenvalue weighted by Crippen LogP contribution is 2.24. The van der Waals surface area contributed by atoms with Gasteiger partial charge in [0.25, 0.3) is 0 Å². The van der Waals surface area contributed by atoms with Gasteiger partial charge in [0.15, 0.2) is 0 Å². The molecule has 0 aliphatic heterocycles. The minimum Gasteiger partial charge on any atom is -0.496 e. The molecule has 0 fully saturated rings. The van der Waals surface area contributed by atoms with Crippen LogP contribution in [0.15, 0.2) is 48.5 Å². The van der Waals surface area contributed by atoms with Crippen LogP contribution >= 0.6 is 11.6 Å². The summed E-state index contributed by atoms with van der Waals surface area (Å²) in [4.78, 5) is 24.3. The number of amides is 2. The molecule has 2 rings (SSSR count). The maximum atomic E-state index is 12.2. The summed E-state index contributed by atoms with van der Waals surface area (Å²) in [6.07, 6.45) is 3.03. The van der Waals surface area contributed by atoms with E-state index >= 15 is 0 Å². The average Bonchev–Trinajstić information content (AvgIpc) is 2.59. The van der Waals surface area contributed by atoms with E-state index in [9.17, 15) is 9.59 Å². The Balaban J connectivity index is 2.07. The lowest BCUT2D eigenvalue weighted by atomic mass is 9.95. The normalized spacial score (nSPS) is 11.3. The molecular weight excluding hydrogens is 364 g/mol. The Labute approximate surface area is 164 Å². The van der Waals surface area contributed by atoms with Crippen LogP contribution in [0.5, 0.6) is 5.75 Å². The zero-order chi connectivity index (χ0) is 20.0. The SMILES string of the molecule is COc1ccc(Cl)cc1C=CC(=O)Nc1cccc(NC(=O)C(C)(C)C)c1. The summed E-state index contributed by atoms with van der Waals surface area (Å²) in [6.45, 7) is 5.51. The number of rotatable bonds is 5. The molecule has 0 radical (unpaired) electrons. The Morgan fingerprint density at radius 3 is 2.33 bits per heavy atom. The number of carbonyl (C=O) groups is 2. The van der Waals surface area contributed by atoms with Gasteiger partial charge in [0.05, 0.1) is 7.11 Å². The van der Waals surface area contributed by atoms with Crippen LogP contribution < -0.4 is 15.4 Å².